The van der Waals surface area contributed by atoms with Crippen LogP contribution in [0.2, 0.25) is 0 Å². The third-order valence-electron chi connectivity index (χ3n) is 4.69. The Kier molecular flexibility index (Phi) is 4.38. The van der Waals surface area contributed by atoms with Crippen molar-refractivity contribution in [1.82, 2.24) is 10.3 Å². The van der Waals surface area contributed by atoms with Crippen molar-refractivity contribution in [3.05, 3.63) is 53.6 Å². The predicted octanol–water partition coefficient (Wildman–Crippen LogP) is 2.27. The molecule has 2 aromatic rings. The Bertz CT molecular complexity index is 943. The minimum Gasteiger partial charge on any atom is -0.493 e. The van der Waals surface area contributed by atoms with Crippen molar-refractivity contribution in [2.75, 3.05) is 20.3 Å². The molecule has 1 N–H and O–H groups in total. The molecule has 0 unspecified atom stereocenters. The van der Waals surface area contributed by atoms with Gasteiger partial charge in [0.25, 0.3) is 5.91 Å². The van der Waals surface area contributed by atoms with Crippen LogP contribution in [0.3, 0.4) is 0 Å². The van der Waals surface area contributed by atoms with Crippen LogP contribution in [0.1, 0.15) is 18.1 Å². The second-order valence-electron chi connectivity index (χ2n) is 6.53. The van der Waals surface area contributed by atoms with Crippen molar-refractivity contribution in [2.24, 2.45) is 5.10 Å². The average Bonchev–Trinajstić information content (AvgIpc) is 2.95. The van der Waals surface area contributed by atoms with Crippen LogP contribution in [0, 0.1) is 0 Å². The highest BCUT2D eigenvalue weighted by Crippen LogP contribution is 2.40. The van der Waals surface area contributed by atoms with Crippen molar-refractivity contribution < 1.29 is 23.8 Å². The second-order valence-corrected chi connectivity index (χ2v) is 6.53. The number of urea groups is 1. The molecular weight excluding hydrogens is 362 g/mol. The lowest BCUT2D eigenvalue weighted by Crippen LogP contribution is -2.40. The van der Waals surface area contributed by atoms with E-state index in [-0.39, 0.29) is 0 Å². The van der Waals surface area contributed by atoms with E-state index in [4.69, 9.17) is 14.2 Å². The number of hydrazone groups is 1. The van der Waals surface area contributed by atoms with E-state index >= 15 is 0 Å². The molecule has 2 aliphatic rings. The van der Waals surface area contributed by atoms with E-state index in [1.165, 1.54) is 13.3 Å². The molecule has 2 aliphatic heterocycles. The Balaban J connectivity index is 1.62. The smallest absolute Gasteiger partial charge is 0.346 e. The van der Waals surface area contributed by atoms with Gasteiger partial charge in [-0.05, 0) is 24.6 Å². The molecule has 1 saturated heterocycles. The van der Waals surface area contributed by atoms with E-state index in [0.29, 0.717) is 41.6 Å². The van der Waals surface area contributed by atoms with E-state index in [9.17, 15) is 9.59 Å². The molecule has 28 heavy (non-hydrogen) atoms. The number of imide groups is 1. The second kappa shape index (κ2) is 6.88. The van der Waals surface area contributed by atoms with Crippen LogP contribution >= 0.6 is 0 Å². The number of nitrogens with zero attached hydrogens (tertiary/aromatic N) is 2. The number of amides is 3. The van der Waals surface area contributed by atoms with Crippen molar-refractivity contribution in [3.63, 3.8) is 0 Å². The first kappa shape index (κ1) is 17.8. The minimum absolute atomic E-state index is 0.430. The van der Waals surface area contributed by atoms with Gasteiger partial charge in [0.1, 0.15) is 18.8 Å². The first-order valence-electron chi connectivity index (χ1n) is 8.77. The summed E-state index contributed by atoms with van der Waals surface area (Å²) in [6.07, 6.45) is 1.41. The molecule has 1 atom stereocenters. The Morgan fingerprint density at radius 3 is 2.68 bits per heavy atom. The van der Waals surface area contributed by atoms with Gasteiger partial charge in [0.05, 0.1) is 13.3 Å². The Labute approximate surface area is 161 Å². The van der Waals surface area contributed by atoms with E-state index in [1.807, 2.05) is 18.2 Å². The summed E-state index contributed by atoms with van der Waals surface area (Å²) in [5.41, 5.74) is 0.127. The molecular formula is C20H19N3O5. The number of nitrogens with one attached hydrogen (secondary N) is 1. The van der Waals surface area contributed by atoms with Crippen LogP contribution < -0.4 is 19.5 Å². The van der Waals surface area contributed by atoms with E-state index < -0.39 is 17.5 Å². The lowest BCUT2D eigenvalue weighted by molar-refractivity contribution is -0.131. The van der Waals surface area contributed by atoms with Gasteiger partial charge in [-0.3, -0.25) is 4.79 Å². The molecule has 144 valence electrons. The van der Waals surface area contributed by atoms with Crippen LogP contribution in [0.5, 0.6) is 17.2 Å². The maximum absolute atomic E-state index is 12.9. The predicted molar refractivity (Wildman–Crippen MR) is 101 cm³/mol. The lowest BCUT2D eigenvalue weighted by atomic mass is 9.92. The van der Waals surface area contributed by atoms with Crippen LogP contribution in [-0.4, -0.2) is 43.5 Å². The van der Waals surface area contributed by atoms with Gasteiger partial charge < -0.3 is 19.5 Å². The standard InChI is InChI=1S/C20H19N3O5/c1-20(14-6-4-3-5-7-14)18(24)23(19(25)22-20)21-12-13-10-15(26-2)17-16(11-13)27-8-9-28-17/h3-7,10-12H,8-9H2,1-2H3,(H,22,25)/b21-12-/t20-/m1/s1. The summed E-state index contributed by atoms with van der Waals surface area (Å²) in [7, 11) is 1.53. The number of carbonyl (C=O) groups excluding carboxylic acids is 2. The lowest BCUT2D eigenvalue weighted by Gasteiger charge is -2.21. The van der Waals surface area contributed by atoms with Crippen molar-refractivity contribution in [3.8, 4) is 17.2 Å². The highest BCUT2D eigenvalue weighted by molar-refractivity contribution is 6.07. The van der Waals surface area contributed by atoms with Crippen LogP contribution in [0.15, 0.2) is 47.6 Å². The molecule has 3 amide bonds. The number of carbonyl (C=O) groups is 2. The summed E-state index contributed by atoms with van der Waals surface area (Å²) in [6.45, 7) is 2.53. The Morgan fingerprint density at radius 2 is 1.93 bits per heavy atom. The Hall–Kier alpha value is -3.55. The largest absolute Gasteiger partial charge is 0.493 e. The van der Waals surface area contributed by atoms with Crippen LogP contribution in [0.25, 0.3) is 0 Å². The van der Waals surface area contributed by atoms with Crippen LogP contribution in [-0.2, 0) is 10.3 Å². The van der Waals surface area contributed by atoms with Gasteiger partial charge in [-0.25, -0.2) is 4.79 Å². The first-order chi connectivity index (χ1) is 13.5. The zero-order chi connectivity index (χ0) is 19.7. The number of methoxy groups -OCH3 is 1. The molecule has 0 aliphatic carbocycles. The molecule has 2 aromatic carbocycles. The molecule has 1 fully saturated rings. The highest BCUT2D eigenvalue weighted by atomic mass is 16.6. The number of hydrogen-bond donors (Lipinski definition) is 1. The third-order valence-corrected chi connectivity index (χ3v) is 4.69. The number of ether oxygens (including phenoxy) is 3. The fraction of sp³-hybridized carbons (Fsp3) is 0.250. The molecule has 0 radical (unpaired) electrons. The first-order valence-corrected chi connectivity index (χ1v) is 8.77. The fourth-order valence-corrected chi connectivity index (χ4v) is 3.19. The minimum atomic E-state index is -1.17. The highest BCUT2D eigenvalue weighted by Gasteiger charge is 2.49. The maximum Gasteiger partial charge on any atom is 0.346 e. The van der Waals surface area contributed by atoms with Gasteiger partial charge in [-0.15, -0.1) is 5.01 Å². The number of hydrogen-bond acceptors (Lipinski definition) is 6. The van der Waals surface area contributed by atoms with E-state index in [0.717, 1.165) is 5.01 Å². The number of benzene rings is 2. The number of rotatable bonds is 4. The molecule has 8 heteroatoms. The van der Waals surface area contributed by atoms with Crippen molar-refractivity contribution in [1.29, 1.82) is 0 Å². The Morgan fingerprint density at radius 1 is 1.18 bits per heavy atom. The summed E-state index contributed by atoms with van der Waals surface area (Å²) < 4.78 is 16.5. The fourth-order valence-electron chi connectivity index (χ4n) is 3.19. The SMILES string of the molecule is COc1cc(/C=N\N2C(=O)N[C@](C)(c3ccccc3)C2=O)cc2c1OCCO2. The summed E-state index contributed by atoms with van der Waals surface area (Å²) in [6, 6.07) is 11.9. The molecule has 0 spiro atoms. The normalized spacial score (nSPS) is 21.1. The van der Waals surface area contributed by atoms with Gasteiger partial charge in [-0.2, -0.15) is 5.10 Å². The average molecular weight is 381 g/mol. The van der Waals surface area contributed by atoms with E-state index in [2.05, 4.69) is 10.4 Å². The summed E-state index contributed by atoms with van der Waals surface area (Å²) in [4.78, 5) is 25.2. The monoisotopic (exact) mass is 381 g/mol. The molecule has 0 bridgehead atoms. The summed E-state index contributed by atoms with van der Waals surface area (Å²) in [5.74, 6) is 1.09. The van der Waals surface area contributed by atoms with Gasteiger partial charge in [0.2, 0.25) is 5.75 Å². The zero-order valence-corrected chi connectivity index (χ0v) is 15.5. The van der Waals surface area contributed by atoms with Gasteiger partial charge in [-0.1, -0.05) is 30.3 Å². The van der Waals surface area contributed by atoms with E-state index in [1.54, 1.807) is 31.2 Å². The molecule has 4 rings (SSSR count). The number of fused-ring (bicyclic) bond motifs is 1. The third kappa shape index (κ3) is 2.92. The molecule has 8 nitrogen and oxygen atoms in total. The topological polar surface area (TPSA) is 89.5 Å². The molecule has 2 heterocycles. The van der Waals surface area contributed by atoms with Crippen LogP contribution in [0.4, 0.5) is 4.79 Å². The zero-order valence-electron chi connectivity index (χ0n) is 15.5. The summed E-state index contributed by atoms with van der Waals surface area (Å²) in [5, 5.41) is 7.63. The molecule has 0 saturated carbocycles. The van der Waals surface area contributed by atoms with Crippen molar-refractivity contribution in [2.45, 2.75) is 12.5 Å². The van der Waals surface area contributed by atoms with Gasteiger partial charge in [0, 0.05) is 5.56 Å². The molecule has 0 aromatic heterocycles. The van der Waals surface area contributed by atoms with Gasteiger partial charge in [0.15, 0.2) is 11.5 Å². The quantitative estimate of drug-likeness (QED) is 0.648. The summed E-state index contributed by atoms with van der Waals surface area (Å²) >= 11 is 0. The van der Waals surface area contributed by atoms with Crippen molar-refractivity contribution >= 4 is 18.2 Å². The maximum atomic E-state index is 12.9. The van der Waals surface area contributed by atoms with Gasteiger partial charge >= 0.3 is 6.03 Å².